The average Bonchev–Trinajstić information content (AvgIpc) is 2.93. The number of nitrogens with one attached hydrogen (secondary N) is 2. The van der Waals surface area contributed by atoms with E-state index in [-0.39, 0.29) is 12.1 Å². The van der Waals surface area contributed by atoms with Gasteiger partial charge in [0, 0.05) is 4.88 Å². The second-order valence-corrected chi connectivity index (χ2v) is 7.17. The van der Waals surface area contributed by atoms with Crippen LogP contribution in [0.3, 0.4) is 0 Å². The molecule has 0 saturated carbocycles. The zero-order chi connectivity index (χ0) is 15.1. The number of aryl methyl sites for hydroxylation is 2. The summed E-state index contributed by atoms with van der Waals surface area (Å²) >= 11 is 1.78. The first-order valence-corrected chi connectivity index (χ1v) is 8.88. The summed E-state index contributed by atoms with van der Waals surface area (Å²) in [5, 5.41) is 7.70. The van der Waals surface area contributed by atoms with Crippen LogP contribution < -0.4 is 10.6 Å². The fourth-order valence-electron chi connectivity index (χ4n) is 3.39. The minimum Gasteiger partial charge on any atom is -0.353 e. The van der Waals surface area contributed by atoms with E-state index in [0.29, 0.717) is 0 Å². The summed E-state index contributed by atoms with van der Waals surface area (Å²) < 4.78 is 0. The topological polar surface area (TPSA) is 41.1 Å². The monoisotopic (exact) mass is 312 g/mol. The third kappa shape index (κ3) is 2.22. The standard InChI is InChI=1S/C18H20N2OS/c1-2-11-7-9-12(10-8-11)16-19-17(21)15-13-5-3-4-6-14(13)22-18(15)20-16/h7-10,16,20H,2-6H2,1H3,(H,19,21). The van der Waals surface area contributed by atoms with E-state index in [1.807, 2.05) is 0 Å². The summed E-state index contributed by atoms with van der Waals surface area (Å²) in [6.07, 6.45) is 5.53. The third-order valence-electron chi connectivity index (χ3n) is 4.67. The Labute approximate surface area is 134 Å². The molecule has 2 heterocycles. The Morgan fingerprint density at radius 2 is 1.91 bits per heavy atom. The van der Waals surface area contributed by atoms with E-state index >= 15 is 0 Å². The van der Waals surface area contributed by atoms with Gasteiger partial charge in [-0.1, -0.05) is 31.2 Å². The van der Waals surface area contributed by atoms with Gasteiger partial charge < -0.3 is 10.6 Å². The molecule has 3 nitrogen and oxygen atoms in total. The van der Waals surface area contributed by atoms with Crippen LogP contribution in [0.4, 0.5) is 5.00 Å². The highest BCUT2D eigenvalue weighted by Gasteiger charge is 2.31. The first kappa shape index (κ1) is 13.8. The molecule has 114 valence electrons. The molecule has 0 fully saturated rings. The fraction of sp³-hybridized carbons (Fsp3) is 0.389. The number of thiophene rings is 1. The Morgan fingerprint density at radius 3 is 2.68 bits per heavy atom. The van der Waals surface area contributed by atoms with Crippen LogP contribution in [0.25, 0.3) is 0 Å². The van der Waals surface area contributed by atoms with Gasteiger partial charge in [-0.2, -0.15) is 0 Å². The van der Waals surface area contributed by atoms with Gasteiger partial charge in [0.25, 0.3) is 5.91 Å². The molecule has 0 saturated heterocycles. The Hall–Kier alpha value is -1.81. The van der Waals surface area contributed by atoms with Crippen LogP contribution in [0.15, 0.2) is 24.3 Å². The van der Waals surface area contributed by atoms with Gasteiger partial charge in [0.2, 0.25) is 0 Å². The molecule has 1 aromatic carbocycles. The van der Waals surface area contributed by atoms with Crippen molar-refractivity contribution in [2.24, 2.45) is 0 Å². The summed E-state index contributed by atoms with van der Waals surface area (Å²) in [4.78, 5) is 14.0. The van der Waals surface area contributed by atoms with Crippen molar-refractivity contribution in [3.63, 3.8) is 0 Å². The lowest BCUT2D eigenvalue weighted by molar-refractivity contribution is 0.0935. The highest BCUT2D eigenvalue weighted by molar-refractivity contribution is 7.16. The van der Waals surface area contributed by atoms with Crippen molar-refractivity contribution < 1.29 is 4.79 Å². The predicted molar refractivity (Wildman–Crippen MR) is 90.6 cm³/mol. The molecular formula is C18H20N2OS. The van der Waals surface area contributed by atoms with E-state index in [1.54, 1.807) is 11.3 Å². The molecule has 1 amide bonds. The Balaban J connectivity index is 1.66. The lowest BCUT2D eigenvalue weighted by atomic mass is 9.94. The molecule has 2 aromatic rings. The van der Waals surface area contributed by atoms with E-state index < -0.39 is 0 Å². The zero-order valence-corrected chi connectivity index (χ0v) is 13.6. The van der Waals surface area contributed by atoms with Crippen molar-refractivity contribution >= 4 is 22.2 Å². The smallest absolute Gasteiger partial charge is 0.256 e. The molecule has 1 aliphatic heterocycles. The van der Waals surface area contributed by atoms with E-state index in [2.05, 4.69) is 41.8 Å². The molecule has 2 aliphatic rings. The van der Waals surface area contributed by atoms with Crippen molar-refractivity contribution in [1.29, 1.82) is 0 Å². The molecule has 4 heteroatoms. The highest BCUT2D eigenvalue weighted by Crippen LogP contribution is 2.41. The van der Waals surface area contributed by atoms with Crippen LogP contribution in [-0.4, -0.2) is 5.91 Å². The molecule has 0 bridgehead atoms. The van der Waals surface area contributed by atoms with E-state index in [0.717, 1.165) is 35.4 Å². The zero-order valence-electron chi connectivity index (χ0n) is 12.7. The fourth-order valence-corrected chi connectivity index (χ4v) is 4.71. The quantitative estimate of drug-likeness (QED) is 0.878. The number of hydrogen-bond acceptors (Lipinski definition) is 3. The minimum absolute atomic E-state index is 0.0812. The van der Waals surface area contributed by atoms with Gasteiger partial charge in [0.05, 0.1) is 5.56 Å². The normalized spacial score (nSPS) is 19.9. The largest absolute Gasteiger partial charge is 0.353 e. The van der Waals surface area contributed by atoms with Gasteiger partial charge in [-0.3, -0.25) is 4.79 Å². The number of carbonyl (C=O) groups excluding carboxylic acids is 1. The van der Waals surface area contributed by atoms with Gasteiger partial charge in [-0.15, -0.1) is 11.3 Å². The number of amides is 1. The number of carbonyl (C=O) groups is 1. The molecule has 0 radical (unpaired) electrons. The van der Waals surface area contributed by atoms with Crippen molar-refractivity contribution in [2.45, 2.75) is 45.2 Å². The van der Waals surface area contributed by atoms with Gasteiger partial charge in [0.1, 0.15) is 11.2 Å². The van der Waals surface area contributed by atoms with Crippen molar-refractivity contribution in [1.82, 2.24) is 5.32 Å². The number of anilines is 1. The summed E-state index contributed by atoms with van der Waals surface area (Å²) in [6.45, 7) is 2.15. The van der Waals surface area contributed by atoms with Crippen LogP contribution in [0.5, 0.6) is 0 Å². The Morgan fingerprint density at radius 1 is 1.14 bits per heavy atom. The van der Waals surface area contributed by atoms with Crippen LogP contribution >= 0.6 is 11.3 Å². The first-order chi connectivity index (χ1) is 10.8. The van der Waals surface area contributed by atoms with Crippen molar-refractivity contribution in [3.8, 4) is 0 Å². The number of hydrogen-bond donors (Lipinski definition) is 2. The second kappa shape index (κ2) is 5.43. The van der Waals surface area contributed by atoms with Gasteiger partial charge in [0.15, 0.2) is 0 Å². The summed E-state index contributed by atoms with van der Waals surface area (Å²) in [5.41, 5.74) is 4.62. The maximum absolute atomic E-state index is 12.6. The number of rotatable bonds is 2. The van der Waals surface area contributed by atoms with Crippen molar-refractivity contribution in [3.05, 3.63) is 51.4 Å². The summed E-state index contributed by atoms with van der Waals surface area (Å²) in [7, 11) is 0. The summed E-state index contributed by atoms with van der Waals surface area (Å²) in [5.74, 6) is 0.0812. The van der Waals surface area contributed by atoms with Crippen LogP contribution in [0.1, 0.15) is 57.9 Å². The minimum atomic E-state index is -0.119. The molecule has 1 atom stereocenters. The lowest BCUT2D eigenvalue weighted by Gasteiger charge is -2.27. The van der Waals surface area contributed by atoms with Crippen LogP contribution in [0, 0.1) is 0 Å². The lowest BCUT2D eigenvalue weighted by Crippen LogP contribution is -2.38. The number of benzene rings is 1. The van der Waals surface area contributed by atoms with E-state index in [9.17, 15) is 4.79 Å². The Kier molecular flexibility index (Phi) is 3.41. The van der Waals surface area contributed by atoms with Gasteiger partial charge in [-0.05, 0) is 48.8 Å². The molecule has 4 rings (SSSR count). The van der Waals surface area contributed by atoms with Crippen LogP contribution in [0.2, 0.25) is 0 Å². The molecule has 1 unspecified atom stereocenters. The highest BCUT2D eigenvalue weighted by atomic mass is 32.1. The van der Waals surface area contributed by atoms with Crippen molar-refractivity contribution in [2.75, 3.05) is 5.32 Å². The molecule has 2 N–H and O–H groups in total. The van der Waals surface area contributed by atoms with E-state index in [1.165, 1.54) is 28.8 Å². The first-order valence-electron chi connectivity index (χ1n) is 8.07. The van der Waals surface area contributed by atoms with E-state index in [4.69, 9.17) is 0 Å². The molecule has 0 spiro atoms. The van der Waals surface area contributed by atoms with Gasteiger partial charge >= 0.3 is 0 Å². The Bertz CT molecular complexity index is 717. The summed E-state index contributed by atoms with van der Waals surface area (Å²) in [6, 6.07) is 8.49. The second-order valence-electron chi connectivity index (χ2n) is 6.06. The third-order valence-corrected chi connectivity index (χ3v) is 5.89. The van der Waals surface area contributed by atoms with Gasteiger partial charge in [-0.25, -0.2) is 0 Å². The molecule has 1 aliphatic carbocycles. The van der Waals surface area contributed by atoms with Crippen LogP contribution in [-0.2, 0) is 19.3 Å². The maximum Gasteiger partial charge on any atom is 0.256 e. The average molecular weight is 312 g/mol. The molecule has 1 aromatic heterocycles. The molecule has 22 heavy (non-hydrogen) atoms. The molecular weight excluding hydrogens is 292 g/mol. The number of fused-ring (bicyclic) bond motifs is 3. The maximum atomic E-state index is 12.6. The SMILES string of the molecule is CCc1ccc(C2NC(=O)c3c(sc4c3CCCC4)N2)cc1. The predicted octanol–water partition coefficient (Wildman–Crippen LogP) is 4.04.